The summed E-state index contributed by atoms with van der Waals surface area (Å²) >= 11 is 0. The van der Waals surface area contributed by atoms with Crippen LogP contribution in [0.3, 0.4) is 0 Å². The molecule has 0 aliphatic heterocycles. The normalized spacial score (nSPS) is 13.7. The zero-order valence-electron chi connectivity index (χ0n) is 22.2. The molecule has 0 fully saturated rings. The van der Waals surface area contributed by atoms with Crippen LogP contribution in [0.1, 0.15) is 25.0 Å². The number of nitro groups is 1. The van der Waals surface area contributed by atoms with Gasteiger partial charge in [-0.05, 0) is 83.0 Å². The second-order valence-corrected chi connectivity index (χ2v) is 11.3. The fraction of sp³-hybridized carbons (Fsp3) is 0.0811. The average molecular weight is 516 g/mol. The molecule has 1 aliphatic rings. The molecule has 0 unspecified atom stereocenters. The lowest BCUT2D eigenvalue weighted by Gasteiger charge is -2.26. The number of hydrogen-bond donors (Lipinski definition) is 0. The van der Waals surface area contributed by atoms with Crippen LogP contribution in [0.25, 0.3) is 65.3 Å². The van der Waals surface area contributed by atoms with Crippen LogP contribution in [0.4, 0.5) is 5.69 Å². The molecule has 0 radical (unpaired) electrons. The summed E-state index contributed by atoms with van der Waals surface area (Å²) in [6, 6.07) is 39.7. The van der Waals surface area contributed by atoms with Gasteiger partial charge in [-0.1, -0.05) is 111 Å². The lowest BCUT2D eigenvalue weighted by molar-refractivity contribution is -0.384. The number of nitro benzene ring substituents is 1. The first kappa shape index (κ1) is 22.9. The molecule has 0 spiro atoms. The summed E-state index contributed by atoms with van der Waals surface area (Å²) in [5.41, 5.74) is 6.35. The summed E-state index contributed by atoms with van der Waals surface area (Å²) in [4.78, 5) is 11.6. The highest BCUT2D eigenvalue weighted by atomic mass is 16.6. The van der Waals surface area contributed by atoms with Gasteiger partial charge in [0.25, 0.3) is 5.69 Å². The van der Waals surface area contributed by atoms with E-state index in [0.29, 0.717) is 5.56 Å². The molecule has 3 nitrogen and oxygen atoms in total. The van der Waals surface area contributed by atoms with Gasteiger partial charge in [0.15, 0.2) is 0 Å². The predicted molar refractivity (Wildman–Crippen MR) is 166 cm³/mol. The summed E-state index contributed by atoms with van der Waals surface area (Å²) < 4.78 is 0. The standard InChI is InChI=1S/C37H25NO2/c1-37(2)31-20-19-22(23-11-9-10-18-32(23)38(39)40)21-30(31)34-29-17-8-7-16-28(29)33-26-14-5-3-12-24(26)25-13-4-6-15-27(25)35(33)36(34)37/h3-21H,1-2H3. The second kappa shape index (κ2) is 8.00. The first-order valence-electron chi connectivity index (χ1n) is 13.6. The minimum Gasteiger partial charge on any atom is -0.258 e. The van der Waals surface area contributed by atoms with Crippen LogP contribution < -0.4 is 0 Å². The lowest BCUT2D eigenvalue weighted by Crippen LogP contribution is -2.15. The van der Waals surface area contributed by atoms with E-state index in [1.165, 1.54) is 59.8 Å². The highest BCUT2D eigenvalue weighted by Gasteiger charge is 2.39. The zero-order valence-corrected chi connectivity index (χ0v) is 22.2. The van der Waals surface area contributed by atoms with Gasteiger partial charge in [-0.3, -0.25) is 10.1 Å². The van der Waals surface area contributed by atoms with Crippen LogP contribution >= 0.6 is 0 Å². The van der Waals surface area contributed by atoms with Gasteiger partial charge in [0, 0.05) is 11.5 Å². The third kappa shape index (κ3) is 2.89. The molecule has 0 N–H and O–H groups in total. The number of hydrogen-bond acceptors (Lipinski definition) is 2. The molecule has 0 heterocycles. The molecule has 190 valence electrons. The SMILES string of the molecule is CC1(C)c2ccc(-c3ccccc3[N+](=O)[O-])cc2-c2c1c1c3ccccc3c3ccccc3c1c1ccccc21. The monoisotopic (exact) mass is 515 g/mol. The van der Waals surface area contributed by atoms with E-state index in [-0.39, 0.29) is 16.0 Å². The maximum Gasteiger partial charge on any atom is 0.277 e. The Morgan fingerprint density at radius 3 is 1.75 bits per heavy atom. The number of rotatable bonds is 2. The molecule has 7 aromatic rings. The summed E-state index contributed by atoms with van der Waals surface area (Å²) in [5, 5.41) is 22.0. The Bertz CT molecular complexity index is 2230. The predicted octanol–water partition coefficient (Wildman–Crippen LogP) is 10.2. The van der Waals surface area contributed by atoms with E-state index in [9.17, 15) is 10.1 Å². The van der Waals surface area contributed by atoms with E-state index in [2.05, 4.69) is 98.8 Å². The molecule has 40 heavy (non-hydrogen) atoms. The molecule has 1 aliphatic carbocycles. The largest absolute Gasteiger partial charge is 0.277 e. The van der Waals surface area contributed by atoms with E-state index < -0.39 is 0 Å². The van der Waals surface area contributed by atoms with Gasteiger partial charge in [-0.15, -0.1) is 0 Å². The van der Waals surface area contributed by atoms with Crippen molar-refractivity contribution in [2.24, 2.45) is 0 Å². The number of fused-ring (bicyclic) bond motifs is 13. The van der Waals surface area contributed by atoms with E-state index in [1.54, 1.807) is 12.1 Å². The van der Waals surface area contributed by atoms with Crippen molar-refractivity contribution in [3.8, 4) is 22.3 Å². The van der Waals surface area contributed by atoms with Crippen LogP contribution in [-0.4, -0.2) is 4.92 Å². The Kier molecular flexibility index (Phi) is 4.58. The summed E-state index contributed by atoms with van der Waals surface area (Å²) in [7, 11) is 0. The Hall–Kier alpha value is -5.02. The van der Waals surface area contributed by atoms with Crippen molar-refractivity contribution in [1.29, 1.82) is 0 Å². The van der Waals surface area contributed by atoms with Crippen LogP contribution in [0.2, 0.25) is 0 Å². The minimum absolute atomic E-state index is 0.126. The summed E-state index contributed by atoms with van der Waals surface area (Å²) in [6.45, 7) is 4.64. The van der Waals surface area contributed by atoms with Gasteiger partial charge in [0.1, 0.15) is 0 Å². The van der Waals surface area contributed by atoms with Gasteiger partial charge in [0.05, 0.1) is 10.5 Å². The van der Waals surface area contributed by atoms with Crippen molar-refractivity contribution in [1.82, 2.24) is 0 Å². The Morgan fingerprint density at radius 1 is 0.575 bits per heavy atom. The molecule has 3 heteroatoms. The molecule has 0 saturated carbocycles. The highest BCUT2D eigenvalue weighted by molar-refractivity contribution is 6.35. The van der Waals surface area contributed by atoms with Crippen molar-refractivity contribution >= 4 is 48.8 Å². The third-order valence-corrected chi connectivity index (χ3v) is 8.90. The molecule has 0 saturated heterocycles. The van der Waals surface area contributed by atoms with E-state index in [0.717, 1.165) is 11.1 Å². The van der Waals surface area contributed by atoms with Crippen molar-refractivity contribution in [2.45, 2.75) is 19.3 Å². The first-order valence-corrected chi connectivity index (χ1v) is 13.6. The van der Waals surface area contributed by atoms with E-state index in [1.807, 2.05) is 18.2 Å². The molecular weight excluding hydrogens is 490 g/mol. The fourth-order valence-electron chi connectivity index (χ4n) is 7.24. The zero-order chi connectivity index (χ0) is 27.2. The number of nitrogens with zero attached hydrogens (tertiary/aromatic N) is 1. The molecule has 0 atom stereocenters. The fourth-order valence-corrected chi connectivity index (χ4v) is 7.24. The number of benzene rings is 7. The topological polar surface area (TPSA) is 43.1 Å². The van der Waals surface area contributed by atoms with Gasteiger partial charge >= 0.3 is 0 Å². The molecular formula is C37H25NO2. The minimum atomic E-state index is -0.291. The van der Waals surface area contributed by atoms with Gasteiger partial charge < -0.3 is 0 Å². The molecule has 0 aromatic heterocycles. The van der Waals surface area contributed by atoms with Crippen molar-refractivity contribution < 1.29 is 4.92 Å². The van der Waals surface area contributed by atoms with Gasteiger partial charge in [-0.2, -0.15) is 0 Å². The van der Waals surface area contributed by atoms with Crippen molar-refractivity contribution in [3.05, 3.63) is 137 Å². The molecule has 7 aromatic carbocycles. The third-order valence-electron chi connectivity index (χ3n) is 8.90. The van der Waals surface area contributed by atoms with Crippen molar-refractivity contribution in [2.75, 3.05) is 0 Å². The number of para-hydroxylation sites is 1. The summed E-state index contributed by atoms with van der Waals surface area (Å²) in [6.07, 6.45) is 0. The summed E-state index contributed by atoms with van der Waals surface area (Å²) in [5.74, 6) is 0. The molecule has 8 rings (SSSR count). The van der Waals surface area contributed by atoms with Crippen LogP contribution in [-0.2, 0) is 5.41 Å². The van der Waals surface area contributed by atoms with E-state index in [4.69, 9.17) is 0 Å². The van der Waals surface area contributed by atoms with E-state index >= 15 is 0 Å². The quantitative estimate of drug-likeness (QED) is 0.131. The smallest absolute Gasteiger partial charge is 0.258 e. The van der Waals surface area contributed by atoms with Gasteiger partial charge in [0.2, 0.25) is 0 Å². The van der Waals surface area contributed by atoms with Gasteiger partial charge in [-0.25, -0.2) is 0 Å². The maximum atomic E-state index is 11.9. The molecule has 0 amide bonds. The Morgan fingerprint density at radius 2 is 1.10 bits per heavy atom. The molecule has 0 bridgehead atoms. The van der Waals surface area contributed by atoms with Crippen LogP contribution in [0.15, 0.2) is 115 Å². The van der Waals surface area contributed by atoms with Crippen molar-refractivity contribution in [3.63, 3.8) is 0 Å². The van der Waals surface area contributed by atoms with Crippen LogP contribution in [0, 0.1) is 10.1 Å². The average Bonchev–Trinajstić information content (AvgIpc) is 3.23. The second-order valence-electron chi connectivity index (χ2n) is 11.3. The van der Waals surface area contributed by atoms with Crippen LogP contribution in [0.5, 0.6) is 0 Å². The first-order chi connectivity index (χ1) is 19.5. The maximum absolute atomic E-state index is 11.9. The Balaban J connectivity index is 1.59. The lowest BCUT2D eigenvalue weighted by atomic mass is 9.77. The Labute approximate surface area is 231 Å². The highest BCUT2D eigenvalue weighted by Crippen LogP contribution is 2.57.